The van der Waals surface area contributed by atoms with Gasteiger partial charge in [-0.2, -0.15) is 0 Å². The molecule has 8 aromatic carbocycles. The topological polar surface area (TPSA) is 3.24 Å². The molecule has 3 heterocycles. The first-order valence-corrected chi connectivity index (χ1v) is 22.6. The van der Waals surface area contributed by atoms with Crippen molar-refractivity contribution < 1.29 is 0 Å². The van der Waals surface area contributed by atoms with Crippen LogP contribution in [0.3, 0.4) is 0 Å². The van der Waals surface area contributed by atoms with Crippen molar-refractivity contribution in [1.29, 1.82) is 0 Å². The zero-order valence-electron chi connectivity index (χ0n) is 28.9. The summed E-state index contributed by atoms with van der Waals surface area (Å²) in [6.07, 6.45) is 0. The highest BCUT2D eigenvalue weighted by Crippen LogP contribution is 2.47. The second-order valence-corrected chi connectivity index (χ2v) is 20.9. The molecule has 0 atom stereocenters. The molecule has 11 rings (SSSR count). The van der Waals surface area contributed by atoms with Gasteiger partial charge in [0.05, 0.1) is 5.69 Å². The first kappa shape index (κ1) is 30.1. The molecule has 0 fully saturated rings. The lowest BCUT2D eigenvalue weighted by molar-refractivity contribution is 1.30. The lowest BCUT2D eigenvalue weighted by atomic mass is 9.98. The molecular formula is C48H33NS2Si. The largest absolute Gasteiger partial charge is 0.310 e. The highest BCUT2D eigenvalue weighted by Gasteiger charge is 2.39. The minimum atomic E-state index is -2.01. The van der Waals surface area contributed by atoms with Crippen LogP contribution in [0.5, 0.6) is 0 Å². The fourth-order valence-corrected chi connectivity index (χ4v) is 14.3. The molecule has 2 aromatic heterocycles. The average Bonchev–Trinajstić information content (AvgIpc) is 3.83. The number of thiophene rings is 2. The third-order valence-corrected chi connectivity index (χ3v) is 17.1. The Balaban J connectivity index is 1.13. The van der Waals surface area contributed by atoms with Crippen molar-refractivity contribution in [1.82, 2.24) is 0 Å². The molecule has 10 aromatic rings. The number of benzene rings is 8. The van der Waals surface area contributed by atoms with E-state index in [0.29, 0.717) is 0 Å². The maximum Gasteiger partial charge on any atom is 0.114 e. The van der Waals surface area contributed by atoms with E-state index in [9.17, 15) is 0 Å². The maximum absolute atomic E-state index is 2.54. The Morgan fingerprint density at radius 3 is 1.98 bits per heavy atom. The van der Waals surface area contributed by atoms with Crippen LogP contribution < -0.4 is 15.3 Å². The standard InChI is InChI=1S/C48H33NS2Si/c1-52(2)44-28-27-37-36-14-5-7-18-41(36)51-48(37)47(44)39-26-25-33(29-45(39)52)49(40-17-10-20-43-46(40)38-15-6-8-19-42(38)50-43)32-23-21-31(22-24-32)35-16-9-12-30-11-3-4-13-34(30)35/h3-29H,1-2H3. The van der Waals surface area contributed by atoms with Crippen LogP contribution in [0.25, 0.3) is 73.4 Å². The molecule has 0 bridgehead atoms. The zero-order chi connectivity index (χ0) is 34.6. The highest BCUT2D eigenvalue weighted by atomic mass is 32.1. The van der Waals surface area contributed by atoms with Crippen molar-refractivity contribution in [2.75, 3.05) is 4.90 Å². The van der Waals surface area contributed by atoms with Gasteiger partial charge in [-0.25, -0.2) is 0 Å². The van der Waals surface area contributed by atoms with Crippen LogP contribution in [0.15, 0.2) is 164 Å². The van der Waals surface area contributed by atoms with Crippen LogP contribution in [-0.2, 0) is 0 Å². The quantitative estimate of drug-likeness (QED) is 0.164. The van der Waals surface area contributed by atoms with Crippen LogP contribution >= 0.6 is 22.7 Å². The predicted molar refractivity (Wildman–Crippen MR) is 232 cm³/mol. The van der Waals surface area contributed by atoms with Crippen molar-refractivity contribution in [3.05, 3.63) is 164 Å². The number of rotatable bonds is 4. The number of anilines is 3. The monoisotopic (exact) mass is 715 g/mol. The molecule has 0 amide bonds. The molecule has 0 radical (unpaired) electrons. The van der Waals surface area contributed by atoms with Gasteiger partial charge in [0.25, 0.3) is 0 Å². The normalized spacial score (nSPS) is 13.3. The number of fused-ring (bicyclic) bond motifs is 11. The van der Waals surface area contributed by atoms with Crippen LogP contribution in [0.1, 0.15) is 0 Å². The summed E-state index contributed by atoms with van der Waals surface area (Å²) in [6, 6.07) is 61.2. The lowest BCUT2D eigenvalue weighted by Crippen LogP contribution is -2.49. The Morgan fingerprint density at radius 1 is 0.462 bits per heavy atom. The van der Waals surface area contributed by atoms with E-state index < -0.39 is 8.07 Å². The first-order valence-electron chi connectivity index (χ1n) is 17.9. The first-order chi connectivity index (χ1) is 25.5. The second-order valence-electron chi connectivity index (χ2n) is 14.5. The van der Waals surface area contributed by atoms with Crippen molar-refractivity contribution >= 4 is 109 Å². The summed E-state index contributed by atoms with van der Waals surface area (Å²) in [5.74, 6) is 0. The Labute approximate surface area is 311 Å². The van der Waals surface area contributed by atoms with Crippen molar-refractivity contribution in [3.63, 3.8) is 0 Å². The molecule has 246 valence electrons. The molecule has 1 aliphatic heterocycles. The molecule has 52 heavy (non-hydrogen) atoms. The Bertz CT molecular complexity index is 3050. The summed E-state index contributed by atoms with van der Waals surface area (Å²) in [7, 11) is -2.01. The van der Waals surface area contributed by atoms with E-state index in [0.717, 1.165) is 5.69 Å². The SMILES string of the molecule is C[Si]1(C)c2cc(N(c3ccc(-c4cccc5ccccc45)cc3)c3cccc4sc5ccccc5c34)ccc2-c2c1ccc1c2sc2ccccc21. The van der Waals surface area contributed by atoms with Gasteiger partial charge in [-0.05, 0) is 91.9 Å². The van der Waals surface area contributed by atoms with Crippen LogP contribution in [0, 0.1) is 0 Å². The summed E-state index contributed by atoms with van der Waals surface area (Å²) in [5, 5.41) is 11.0. The zero-order valence-corrected chi connectivity index (χ0v) is 31.5. The molecule has 0 saturated carbocycles. The Hall–Kier alpha value is -5.52. The van der Waals surface area contributed by atoms with Crippen LogP contribution in [0.4, 0.5) is 17.1 Å². The Kier molecular flexibility index (Phi) is 6.51. The van der Waals surface area contributed by atoms with Gasteiger partial charge in [0.2, 0.25) is 0 Å². The van der Waals surface area contributed by atoms with Gasteiger partial charge in [-0.1, -0.05) is 128 Å². The van der Waals surface area contributed by atoms with E-state index in [1.165, 1.54) is 89.9 Å². The second kappa shape index (κ2) is 11.2. The molecular weight excluding hydrogens is 683 g/mol. The highest BCUT2D eigenvalue weighted by molar-refractivity contribution is 7.27. The number of hydrogen-bond donors (Lipinski definition) is 0. The fraction of sp³-hybridized carbons (Fsp3) is 0.0417. The average molecular weight is 716 g/mol. The van der Waals surface area contributed by atoms with Crippen LogP contribution in [0.2, 0.25) is 13.1 Å². The lowest BCUT2D eigenvalue weighted by Gasteiger charge is -2.28. The molecule has 0 aliphatic carbocycles. The van der Waals surface area contributed by atoms with E-state index in [1.807, 2.05) is 22.7 Å². The summed E-state index contributed by atoms with van der Waals surface area (Å²) >= 11 is 3.83. The molecule has 4 heteroatoms. The molecule has 0 saturated heterocycles. The molecule has 0 N–H and O–H groups in total. The fourth-order valence-electron chi connectivity index (χ4n) is 8.77. The number of hydrogen-bond acceptors (Lipinski definition) is 3. The van der Waals surface area contributed by atoms with E-state index >= 15 is 0 Å². The summed E-state index contributed by atoms with van der Waals surface area (Å²) in [4.78, 5) is 2.51. The summed E-state index contributed by atoms with van der Waals surface area (Å²) < 4.78 is 5.43. The van der Waals surface area contributed by atoms with Gasteiger partial charge in [-0.15, -0.1) is 22.7 Å². The minimum absolute atomic E-state index is 1.16. The van der Waals surface area contributed by atoms with Gasteiger partial charge in [0, 0.05) is 51.7 Å². The van der Waals surface area contributed by atoms with Gasteiger partial charge >= 0.3 is 0 Å². The van der Waals surface area contributed by atoms with Crippen molar-refractivity contribution in [2.45, 2.75) is 13.1 Å². The van der Waals surface area contributed by atoms with Crippen LogP contribution in [-0.4, -0.2) is 8.07 Å². The number of nitrogens with zero attached hydrogens (tertiary/aromatic N) is 1. The molecule has 0 spiro atoms. The van der Waals surface area contributed by atoms with Crippen molar-refractivity contribution in [3.8, 4) is 22.3 Å². The van der Waals surface area contributed by atoms with E-state index in [4.69, 9.17) is 0 Å². The summed E-state index contributed by atoms with van der Waals surface area (Å²) in [5.41, 5.74) is 8.96. The van der Waals surface area contributed by atoms with E-state index in [2.05, 4.69) is 182 Å². The van der Waals surface area contributed by atoms with Crippen molar-refractivity contribution in [2.24, 2.45) is 0 Å². The van der Waals surface area contributed by atoms with Gasteiger partial charge in [-0.3, -0.25) is 0 Å². The molecule has 1 aliphatic rings. The smallest absolute Gasteiger partial charge is 0.114 e. The van der Waals surface area contributed by atoms with Gasteiger partial charge < -0.3 is 4.90 Å². The summed E-state index contributed by atoms with van der Waals surface area (Å²) in [6.45, 7) is 5.08. The third-order valence-electron chi connectivity index (χ3n) is 11.3. The van der Waals surface area contributed by atoms with E-state index in [-0.39, 0.29) is 0 Å². The van der Waals surface area contributed by atoms with E-state index in [1.54, 1.807) is 5.19 Å². The van der Waals surface area contributed by atoms with Gasteiger partial charge in [0.1, 0.15) is 8.07 Å². The molecule has 0 unspecified atom stereocenters. The predicted octanol–water partition coefficient (Wildman–Crippen LogP) is 13.5. The van der Waals surface area contributed by atoms with Gasteiger partial charge in [0.15, 0.2) is 0 Å². The maximum atomic E-state index is 2.54. The third kappa shape index (κ3) is 4.32. The minimum Gasteiger partial charge on any atom is -0.310 e. The molecule has 1 nitrogen and oxygen atoms in total. The Morgan fingerprint density at radius 2 is 1.13 bits per heavy atom.